The lowest BCUT2D eigenvalue weighted by Crippen LogP contribution is -1.97. The molecule has 0 unspecified atom stereocenters. The molecule has 5 nitrogen and oxygen atoms in total. The number of rotatable bonds is 4. The molecule has 0 aliphatic carbocycles. The molecule has 2 rings (SSSR count). The summed E-state index contributed by atoms with van der Waals surface area (Å²) in [7, 11) is 0. The summed E-state index contributed by atoms with van der Waals surface area (Å²) in [6, 6.07) is 11.2. The number of aromatic nitrogens is 1. The summed E-state index contributed by atoms with van der Waals surface area (Å²) in [6.45, 7) is 0.528. The Kier molecular flexibility index (Phi) is 3.83. The van der Waals surface area contributed by atoms with E-state index in [1.807, 2.05) is 28.8 Å². The lowest BCUT2D eigenvalue weighted by atomic mass is 10.1. The highest BCUT2D eigenvalue weighted by Gasteiger charge is 2.10. The van der Waals surface area contributed by atoms with Gasteiger partial charge in [0.2, 0.25) is 0 Å². The minimum Gasteiger partial charge on any atom is -0.477 e. The van der Waals surface area contributed by atoms with Crippen LogP contribution in [-0.4, -0.2) is 15.6 Å². The molecular formula is C15H11N3O2. The lowest BCUT2D eigenvalue weighted by molar-refractivity contribution is -0.132. The van der Waals surface area contributed by atoms with Crippen molar-refractivity contribution in [2.75, 3.05) is 0 Å². The van der Waals surface area contributed by atoms with Crippen LogP contribution in [0.3, 0.4) is 0 Å². The number of aryl methyl sites for hydroxylation is 1. The number of hydrogen-bond acceptors (Lipinski definition) is 3. The standard InChI is InChI=1S/C15H11N3O2/c16-6-3-7-18-10-12(8-11(9-17)15(19)20)13-4-1-2-5-14(13)18/h1-2,4-5,8,10H,3,7H2,(H,19,20)/b11-8+. The van der Waals surface area contributed by atoms with E-state index >= 15 is 0 Å². The van der Waals surface area contributed by atoms with Gasteiger partial charge in [-0.05, 0) is 12.1 Å². The van der Waals surface area contributed by atoms with Gasteiger partial charge < -0.3 is 9.67 Å². The van der Waals surface area contributed by atoms with Gasteiger partial charge in [-0.15, -0.1) is 0 Å². The molecule has 5 heteroatoms. The third kappa shape index (κ3) is 2.52. The molecule has 0 aliphatic rings. The smallest absolute Gasteiger partial charge is 0.346 e. The molecule has 0 amide bonds. The van der Waals surface area contributed by atoms with Crippen molar-refractivity contribution in [1.29, 1.82) is 10.5 Å². The summed E-state index contributed by atoms with van der Waals surface area (Å²) in [6.07, 6.45) is 3.49. The van der Waals surface area contributed by atoms with Gasteiger partial charge in [-0.3, -0.25) is 0 Å². The molecule has 1 aromatic heterocycles. The predicted octanol–water partition coefficient (Wildman–Crippen LogP) is 2.55. The van der Waals surface area contributed by atoms with E-state index in [4.69, 9.17) is 15.6 Å². The van der Waals surface area contributed by atoms with Crippen LogP contribution in [0.2, 0.25) is 0 Å². The molecule has 2 aromatic rings. The van der Waals surface area contributed by atoms with E-state index in [9.17, 15) is 4.79 Å². The van der Waals surface area contributed by atoms with Crippen LogP contribution < -0.4 is 0 Å². The van der Waals surface area contributed by atoms with E-state index in [0.717, 1.165) is 10.9 Å². The van der Waals surface area contributed by atoms with Crippen molar-refractivity contribution in [1.82, 2.24) is 4.57 Å². The molecular weight excluding hydrogens is 254 g/mol. The van der Waals surface area contributed by atoms with E-state index in [-0.39, 0.29) is 5.57 Å². The number of carbonyl (C=O) groups is 1. The minimum atomic E-state index is -1.25. The number of carboxylic acids is 1. The van der Waals surface area contributed by atoms with Gasteiger partial charge in [-0.2, -0.15) is 10.5 Å². The molecule has 1 heterocycles. The van der Waals surface area contributed by atoms with Gasteiger partial charge in [-0.25, -0.2) is 4.79 Å². The van der Waals surface area contributed by atoms with Crippen molar-refractivity contribution in [3.8, 4) is 12.1 Å². The van der Waals surface area contributed by atoms with Crippen LogP contribution in [0.25, 0.3) is 17.0 Å². The first-order valence-corrected chi connectivity index (χ1v) is 5.97. The van der Waals surface area contributed by atoms with Crippen LogP contribution in [0, 0.1) is 22.7 Å². The molecule has 0 fully saturated rings. The highest BCUT2D eigenvalue weighted by Crippen LogP contribution is 2.23. The molecule has 20 heavy (non-hydrogen) atoms. The first-order valence-electron chi connectivity index (χ1n) is 5.97. The zero-order valence-electron chi connectivity index (χ0n) is 10.6. The maximum Gasteiger partial charge on any atom is 0.346 e. The van der Waals surface area contributed by atoms with Gasteiger partial charge in [0, 0.05) is 29.2 Å². The zero-order valence-corrected chi connectivity index (χ0v) is 10.6. The quantitative estimate of drug-likeness (QED) is 0.679. The van der Waals surface area contributed by atoms with Gasteiger partial charge in [-0.1, -0.05) is 18.2 Å². The van der Waals surface area contributed by atoms with Crippen LogP contribution in [0.4, 0.5) is 0 Å². The highest BCUT2D eigenvalue weighted by molar-refractivity contribution is 6.00. The minimum absolute atomic E-state index is 0.312. The summed E-state index contributed by atoms with van der Waals surface area (Å²) >= 11 is 0. The van der Waals surface area contributed by atoms with Crippen LogP contribution in [0.15, 0.2) is 36.0 Å². The number of benzene rings is 1. The second-order valence-corrected chi connectivity index (χ2v) is 4.18. The maximum absolute atomic E-state index is 10.9. The Morgan fingerprint density at radius 3 is 2.75 bits per heavy atom. The van der Waals surface area contributed by atoms with Crippen molar-refractivity contribution in [3.63, 3.8) is 0 Å². The molecule has 98 valence electrons. The molecule has 0 atom stereocenters. The summed E-state index contributed by atoms with van der Waals surface area (Å²) in [5.41, 5.74) is 1.27. The van der Waals surface area contributed by atoms with Crippen molar-refractivity contribution in [2.45, 2.75) is 13.0 Å². The summed E-state index contributed by atoms with van der Waals surface area (Å²) in [5, 5.41) is 27.3. The van der Waals surface area contributed by atoms with Gasteiger partial charge in [0.05, 0.1) is 12.5 Å². The highest BCUT2D eigenvalue weighted by atomic mass is 16.4. The Bertz CT molecular complexity index is 772. The SMILES string of the molecule is N#CCCn1cc(/C=C(\C#N)C(=O)O)c2ccccc21. The van der Waals surface area contributed by atoms with Crippen LogP contribution in [0.1, 0.15) is 12.0 Å². The third-order valence-electron chi connectivity index (χ3n) is 2.93. The van der Waals surface area contributed by atoms with Gasteiger partial charge in [0.15, 0.2) is 0 Å². The van der Waals surface area contributed by atoms with E-state index in [1.54, 1.807) is 12.3 Å². The Balaban J connectivity index is 2.58. The number of nitriles is 2. The topological polar surface area (TPSA) is 89.8 Å². The first kappa shape index (κ1) is 13.4. The second kappa shape index (κ2) is 5.73. The fourth-order valence-corrected chi connectivity index (χ4v) is 2.04. The van der Waals surface area contributed by atoms with Gasteiger partial charge in [0.1, 0.15) is 11.6 Å². The van der Waals surface area contributed by atoms with E-state index in [1.165, 1.54) is 6.08 Å². The Morgan fingerprint density at radius 1 is 1.35 bits per heavy atom. The van der Waals surface area contributed by atoms with Crippen molar-refractivity contribution < 1.29 is 9.90 Å². The molecule has 0 aliphatic heterocycles. The molecule has 1 N–H and O–H groups in total. The molecule has 0 radical (unpaired) electrons. The molecule has 1 aromatic carbocycles. The fraction of sp³-hybridized carbons (Fsp3) is 0.133. The lowest BCUT2D eigenvalue weighted by Gasteiger charge is -2.00. The molecule has 0 saturated heterocycles. The van der Waals surface area contributed by atoms with Crippen LogP contribution in [-0.2, 0) is 11.3 Å². The number of aliphatic carboxylic acids is 1. The van der Waals surface area contributed by atoms with Gasteiger partial charge in [0.25, 0.3) is 0 Å². The third-order valence-corrected chi connectivity index (χ3v) is 2.93. The normalized spacial score (nSPS) is 11.0. The second-order valence-electron chi connectivity index (χ2n) is 4.18. The molecule has 0 spiro atoms. The predicted molar refractivity (Wildman–Crippen MR) is 73.4 cm³/mol. The number of carboxylic acid groups (broad SMARTS) is 1. The van der Waals surface area contributed by atoms with Crippen molar-refractivity contribution >= 4 is 22.9 Å². The first-order chi connectivity index (χ1) is 9.67. The summed E-state index contributed by atoms with van der Waals surface area (Å²) < 4.78 is 1.89. The Morgan fingerprint density at radius 2 is 2.10 bits per heavy atom. The summed E-state index contributed by atoms with van der Waals surface area (Å²) in [4.78, 5) is 10.9. The maximum atomic E-state index is 10.9. The van der Waals surface area contributed by atoms with Crippen molar-refractivity contribution in [3.05, 3.63) is 41.6 Å². The largest absolute Gasteiger partial charge is 0.477 e. The number of nitrogens with zero attached hydrogens (tertiary/aromatic N) is 3. The average Bonchev–Trinajstić information content (AvgIpc) is 2.80. The van der Waals surface area contributed by atoms with Gasteiger partial charge >= 0.3 is 5.97 Å². The molecule has 0 bridgehead atoms. The van der Waals surface area contributed by atoms with Crippen LogP contribution >= 0.6 is 0 Å². The zero-order chi connectivity index (χ0) is 14.5. The number of para-hydroxylation sites is 1. The number of hydrogen-bond donors (Lipinski definition) is 1. The van der Waals surface area contributed by atoms with Crippen LogP contribution in [0.5, 0.6) is 0 Å². The average molecular weight is 265 g/mol. The van der Waals surface area contributed by atoms with E-state index in [0.29, 0.717) is 18.5 Å². The Labute approximate surface area is 115 Å². The Hall–Kier alpha value is -3.05. The van der Waals surface area contributed by atoms with Crippen molar-refractivity contribution in [2.24, 2.45) is 0 Å². The fourth-order valence-electron chi connectivity index (χ4n) is 2.04. The number of fused-ring (bicyclic) bond motifs is 1. The monoisotopic (exact) mass is 265 g/mol. The molecule has 0 saturated carbocycles. The van der Waals surface area contributed by atoms with E-state index in [2.05, 4.69) is 6.07 Å². The summed E-state index contributed by atoms with van der Waals surface area (Å²) in [5.74, 6) is -1.25. The van der Waals surface area contributed by atoms with E-state index < -0.39 is 5.97 Å².